The van der Waals surface area contributed by atoms with E-state index >= 15 is 0 Å². The van der Waals surface area contributed by atoms with Gasteiger partial charge in [0.15, 0.2) is 0 Å². The lowest BCUT2D eigenvalue weighted by Gasteiger charge is -2.25. The van der Waals surface area contributed by atoms with Crippen molar-refractivity contribution >= 4 is 12.1 Å². The van der Waals surface area contributed by atoms with Crippen molar-refractivity contribution in [3.8, 4) is 5.75 Å². The zero-order valence-corrected chi connectivity index (χ0v) is 19.6. The summed E-state index contributed by atoms with van der Waals surface area (Å²) in [5, 5.41) is 0. The Labute approximate surface area is 181 Å². The van der Waals surface area contributed by atoms with Gasteiger partial charge >= 0.3 is 12.1 Å². The van der Waals surface area contributed by atoms with Crippen LogP contribution in [0.4, 0.5) is 4.79 Å². The number of benzene rings is 1. The Morgan fingerprint density at radius 1 is 1.03 bits per heavy atom. The molecule has 0 saturated heterocycles. The Balaban J connectivity index is 2.48. The first-order valence-corrected chi connectivity index (χ1v) is 10.4. The van der Waals surface area contributed by atoms with E-state index in [9.17, 15) is 4.79 Å². The number of ether oxygens (including phenoxy) is 2. The summed E-state index contributed by atoms with van der Waals surface area (Å²) in [6.45, 7) is 8.10. The molecule has 0 aliphatic carbocycles. The van der Waals surface area contributed by atoms with E-state index in [0.29, 0.717) is 13.2 Å². The highest BCUT2D eigenvalue weighted by atomic mass is 16.7. The van der Waals surface area contributed by atoms with Gasteiger partial charge in [-0.3, -0.25) is 19.2 Å². The lowest BCUT2D eigenvalue weighted by Crippen LogP contribution is -2.46. The fraction of sp³-hybridized carbons (Fsp3) is 0.636. The number of hydrogen-bond donors (Lipinski definition) is 1. The molecule has 0 saturated carbocycles. The minimum atomic E-state index is -0.578. The molecule has 8 nitrogen and oxygen atoms in total. The van der Waals surface area contributed by atoms with Crippen LogP contribution in [0.5, 0.6) is 5.75 Å². The van der Waals surface area contributed by atoms with Gasteiger partial charge in [-0.15, -0.1) is 0 Å². The molecule has 0 aliphatic heterocycles. The first-order chi connectivity index (χ1) is 14.1. The molecule has 1 rings (SSSR count). The Morgan fingerprint density at radius 3 is 2.17 bits per heavy atom. The van der Waals surface area contributed by atoms with Gasteiger partial charge < -0.3 is 9.47 Å². The third kappa shape index (κ3) is 10.9. The van der Waals surface area contributed by atoms with E-state index in [2.05, 4.69) is 19.9 Å². The van der Waals surface area contributed by atoms with Crippen LogP contribution in [-0.2, 0) is 9.57 Å². The van der Waals surface area contributed by atoms with E-state index in [1.807, 2.05) is 79.3 Å². The topological polar surface area (TPSA) is 66.3 Å². The average molecular weight is 424 g/mol. The number of carbonyl (C=O) groups is 1. The zero-order valence-electron chi connectivity index (χ0n) is 19.6. The Bertz CT molecular complexity index is 653. The molecule has 0 atom stereocenters. The van der Waals surface area contributed by atoms with Gasteiger partial charge in [-0.25, -0.2) is 4.79 Å². The van der Waals surface area contributed by atoms with Crippen molar-refractivity contribution in [3.05, 3.63) is 30.3 Å². The monoisotopic (exact) mass is 423 g/mol. The van der Waals surface area contributed by atoms with Crippen molar-refractivity contribution in [3.63, 3.8) is 0 Å². The van der Waals surface area contributed by atoms with E-state index in [4.69, 9.17) is 14.3 Å². The highest BCUT2D eigenvalue weighted by molar-refractivity contribution is 5.74. The van der Waals surface area contributed by atoms with Crippen LogP contribution in [0.3, 0.4) is 0 Å². The van der Waals surface area contributed by atoms with Crippen molar-refractivity contribution in [2.24, 2.45) is 0 Å². The summed E-state index contributed by atoms with van der Waals surface area (Å²) < 4.78 is 13.1. The van der Waals surface area contributed by atoms with Crippen molar-refractivity contribution < 1.29 is 23.7 Å². The Morgan fingerprint density at radius 2 is 1.63 bits per heavy atom. The number of hydrogen-bond acceptors (Lipinski definition) is 4. The normalized spacial score (nSPS) is 10.9. The van der Waals surface area contributed by atoms with Crippen LogP contribution in [0.15, 0.2) is 30.3 Å². The molecule has 0 unspecified atom stereocenters. The predicted molar refractivity (Wildman–Crippen MR) is 119 cm³/mol. The van der Waals surface area contributed by atoms with Crippen LogP contribution < -0.4 is 10.2 Å². The summed E-state index contributed by atoms with van der Waals surface area (Å²) in [6, 6.07) is 9.84. The number of nitrogens with zero attached hydrogens (tertiary/aromatic N) is 3. The smallest absolute Gasteiger partial charge is 0.431 e. The van der Waals surface area contributed by atoms with Crippen molar-refractivity contribution in [1.29, 1.82) is 0 Å². The van der Waals surface area contributed by atoms with E-state index in [-0.39, 0.29) is 0 Å². The number of nitrogens with one attached hydrogen (secondary N) is 1. The second-order valence-corrected chi connectivity index (χ2v) is 8.40. The van der Waals surface area contributed by atoms with Gasteiger partial charge in [-0.05, 0) is 32.9 Å². The Hall–Kier alpha value is -2.48. The van der Waals surface area contributed by atoms with Crippen LogP contribution in [0.2, 0.25) is 0 Å². The lowest BCUT2D eigenvalue weighted by molar-refractivity contribution is -0.476. The standard InChI is InChI=1S/C22H38N4O4/c1-22(2,3)30-20(27)23-29-18-12-16-26(21(24(4)5)25(6)7)15-11-17-28-19-13-9-8-10-14-19/h8-10,13-14H,11-12,15-18H2,1-7H3/p+1. The lowest BCUT2D eigenvalue weighted by atomic mass is 10.2. The van der Waals surface area contributed by atoms with E-state index in [1.165, 1.54) is 0 Å². The molecule has 1 N–H and O–H groups in total. The predicted octanol–water partition coefficient (Wildman–Crippen LogP) is 2.79. The fourth-order valence-corrected chi connectivity index (χ4v) is 2.98. The average Bonchev–Trinajstić information content (AvgIpc) is 2.63. The molecule has 1 aromatic rings. The fourth-order valence-electron chi connectivity index (χ4n) is 2.98. The third-order valence-electron chi connectivity index (χ3n) is 3.90. The quantitative estimate of drug-likeness (QED) is 0.205. The van der Waals surface area contributed by atoms with Gasteiger partial charge in [-0.2, -0.15) is 5.48 Å². The molecule has 0 radical (unpaired) electrons. The highest BCUT2D eigenvalue weighted by Gasteiger charge is 2.22. The van der Waals surface area contributed by atoms with Crippen molar-refractivity contribution in [2.75, 3.05) is 54.5 Å². The number of para-hydroxylation sites is 1. The maximum atomic E-state index is 11.6. The first kappa shape index (κ1) is 25.6. The molecule has 8 heteroatoms. The van der Waals surface area contributed by atoms with Crippen LogP contribution >= 0.6 is 0 Å². The number of amides is 1. The molecule has 0 spiro atoms. The minimum absolute atomic E-state index is 0.393. The van der Waals surface area contributed by atoms with Gasteiger partial charge in [0.05, 0.1) is 54.5 Å². The largest absolute Gasteiger partial charge is 0.493 e. The number of hydroxylamine groups is 1. The summed E-state index contributed by atoms with van der Waals surface area (Å²) in [4.78, 5) is 21.3. The van der Waals surface area contributed by atoms with Crippen molar-refractivity contribution in [1.82, 2.24) is 15.3 Å². The van der Waals surface area contributed by atoms with Crippen LogP contribution in [0, 0.1) is 0 Å². The van der Waals surface area contributed by atoms with Gasteiger partial charge in [0.25, 0.3) is 0 Å². The SMILES string of the molecule is CN(C)C(N(CCCONC(=O)OC(C)(C)C)CCCOc1ccccc1)=[N+](C)C. The summed E-state index contributed by atoms with van der Waals surface area (Å²) in [5.41, 5.74) is 1.78. The van der Waals surface area contributed by atoms with E-state index in [1.54, 1.807) is 0 Å². The molecule has 30 heavy (non-hydrogen) atoms. The molecule has 0 heterocycles. The summed E-state index contributed by atoms with van der Waals surface area (Å²) in [6.07, 6.45) is 1.06. The maximum Gasteiger partial charge on any atom is 0.431 e. The van der Waals surface area contributed by atoms with Gasteiger partial charge in [0.1, 0.15) is 11.4 Å². The second kappa shape index (κ2) is 13.0. The van der Waals surface area contributed by atoms with Gasteiger partial charge in [-0.1, -0.05) is 18.2 Å². The van der Waals surface area contributed by atoms with Crippen LogP contribution in [-0.4, -0.2) is 86.5 Å². The van der Waals surface area contributed by atoms with Crippen LogP contribution in [0.1, 0.15) is 33.6 Å². The summed E-state index contributed by atoms with van der Waals surface area (Å²) >= 11 is 0. The van der Waals surface area contributed by atoms with Gasteiger partial charge in [0.2, 0.25) is 0 Å². The Kier molecular flexibility index (Phi) is 11.0. The molecule has 0 bridgehead atoms. The molecular weight excluding hydrogens is 384 g/mol. The molecular formula is C22H39N4O4+. The number of guanidine groups is 1. The third-order valence-corrected chi connectivity index (χ3v) is 3.90. The van der Waals surface area contributed by atoms with Crippen molar-refractivity contribution in [2.45, 2.75) is 39.2 Å². The molecule has 0 aromatic heterocycles. The van der Waals surface area contributed by atoms with Crippen LogP contribution in [0.25, 0.3) is 0 Å². The first-order valence-electron chi connectivity index (χ1n) is 10.4. The molecule has 0 fully saturated rings. The summed E-state index contributed by atoms with van der Waals surface area (Å²) in [5.74, 6) is 1.99. The molecule has 170 valence electrons. The molecule has 0 aliphatic rings. The maximum absolute atomic E-state index is 11.6. The minimum Gasteiger partial charge on any atom is -0.493 e. The number of carbonyl (C=O) groups excluding carboxylic acids is 1. The van der Waals surface area contributed by atoms with E-state index < -0.39 is 11.7 Å². The second-order valence-electron chi connectivity index (χ2n) is 8.40. The number of rotatable bonds is 10. The van der Waals surface area contributed by atoms with Gasteiger partial charge in [0, 0.05) is 12.8 Å². The summed E-state index contributed by atoms with van der Waals surface area (Å²) in [7, 11) is 8.12. The molecule has 1 aromatic carbocycles. The van der Waals surface area contributed by atoms with E-state index in [0.717, 1.165) is 37.6 Å². The highest BCUT2D eigenvalue weighted by Crippen LogP contribution is 2.09. The zero-order chi connectivity index (χ0) is 22.6. The molecule has 1 amide bonds.